The average molecular weight is 556 g/mol. The van der Waals surface area contributed by atoms with Gasteiger partial charge in [-0.25, -0.2) is 18.0 Å². The van der Waals surface area contributed by atoms with Gasteiger partial charge in [-0.15, -0.1) is 0 Å². The van der Waals surface area contributed by atoms with Gasteiger partial charge in [0.15, 0.2) is 9.84 Å². The SMILES string of the molecule is CCS(=O)(=O)c1ccc(Cl)cc1Cn1c(=O)[nH]c2cc(OC3CCN(C(=O)O)CC3)c(Cl)cc2c1=O. The number of amides is 1. The number of H-pyrrole nitrogens is 1. The van der Waals surface area contributed by atoms with E-state index >= 15 is 0 Å². The van der Waals surface area contributed by atoms with Gasteiger partial charge in [-0.2, -0.15) is 0 Å². The number of halogens is 2. The van der Waals surface area contributed by atoms with Crippen LogP contribution in [0.25, 0.3) is 10.9 Å². The summed E-state index contributed by atoms with van der Waals surface area (Å²) in [6.45, 7) is 1.84. The van der Waals surface area contributed by atoms with E-state index in [1.165, 1.54) is 42.2 Å². The first-order valence-corrected chi connectivity index (χ1v) is 13.5. The molecule has 0 bridgehead atoms. The molecule has 0 atom stereocenters. The predicted molar refractivity (Wildman–Crippen MR) is 135 cm³/mol. The van der Waals surface area contributed by atoms with Crippen LogP contribution in [0, 0.1) is 0 Å². The van der Waals surface area contributed by atoms with Crippen molar-refractivity contribution in [1.29, 1.82) is 0 Å². The molecule has 0 aliphatic carbocycles. The van der Waals surface area contributed by atoms with E-state index in [0.29, 0.717) is 25.9 Å². The summed E-state index contributed by atoms with van der Waals surface area (Å²) in [5, 5.41) is 9.62. The Morgan fingerprint density at radius 3 is 2.50 bits per heavy atom. The lowest BCUT2D eigenvalue weighted by Crippen LogP contribution is -2.41. The summed E-state index contributed by atoms with van der Waals surface area (Å²) in [5.74, 6) is 0.107. The number of benzene rings is 2. The van der Waals surface area contributed by atoms with Gasteiger partial charge >= 0.3 is 11.8 Å². The van der Waals surface area contributed by atoms with E-state index in [4.69, 9.17) is 33.0 Å². The number of piperidine rings is 1. The minimum absolute atomic E-state index is 0.00322. The van der Waals surface area contributed by atoms with Crippen LogP contribution in [0.3, 0.4) is 0 Å². The van der Waals surface area contributed by atoms with Crippen LogP contribution in [-0.2, 0) is 16.4 Å². The highest BCUT2D eigenvalue weighted by Gasteiger charge is 2.25. The topological polar surface area (TPSA) is 139 Å². The molecular weight excluding hydrogens is 533 g/mol. The number of carboxylic acid groups (broad SMARTS) is 1. The van der Waals surface area contributed by atoms with Gasteiger partial charge in [0.05, 0.1) is 33.1 Å². The molecule has 1 aromatic heterocycles. The molecule has 1 fully saturated rings. The second-order valence-electron chi connectivity index (χ2n) is 8.39. The molecule has 0 saturated carbocycles. The lowest BCUT2D eigenvalue weighted by molar-refractivity contribution is 0.0896. The molecule has 0 radical (unpaired) electrons. The largest absolute Gasteiger partial charge is 0.489 e. The fraction of sp³-hybridized carbons (Fsp3) is 0.348. The maximum atomic E-state index is 13.2. The Morgan fingerprint density at radius 1 is 1.17 bits per heavy atom. The van der Waals surface area contributed by atoms with Crippen molar-refractivity contribution in [2.45, 2.75) is 37.3 Å². The highest BCUT2D eigenvalue weighted by atomic mass is 35.5. The first kappa shape index (κ1) is 26.1. The molecule has 1 saturated heterocycles. The molecule has 2 N–H and O–H groups in total. The van der Waals surface area contributed by atoms with E-state index in [2.05, 4.69) is 4.98 Å². The summed E-state index contributed by atoms with van der Waals surface area (Å²) >= 11 is 12.4. The van der Waals surface area contributed by atoms with Crippen LogP contribution in [0.15, 0.2) is 44.8 Å². The number of sulfone groups is 1. The second kappa shape index (κ2) is 10.2. The first-order chi connectivity index (χ1) is 17.0. The fourth-order valence-electron chi connectivity index (χ4n) is 4.13. The molecular formula is C23H23Cl2N3O7S. The van der Waals surface area contributed by atoms with Gasteiger partial charge in [-0.3, -0.25) is 9.36 Å². The molecule has 3 aromatic rings. The standard InChI is InChI=1S/C23H23Cl2N3O7S/c1-2-36(33,34)20-4-3-14(24)9-13(20)12-28-21(29)16-10-17(25)19(11-18(16)26-22(28)30)35-15-5-7-27(8-6-15)23(31)32/h3-4,9-11,15H,2,5-8,12H2,1H3,(H,26,30)(H,31,32). The maximum absolute atomic E-state index is 13.2. The zero-order chi connectivity index (χ0) is 26.2. The van der Waals surface area contributed by atoms with E-state index < -0.39 is 27.2 Å². The molecule has 1 aliphatic heterocycles. The summed E-state index contributed by atoms with van der Waals surface area (Å²) in [4.78, 5) is 41.1. The van der Waals surface area contributed by atoms with Crippen LogP contribution in [0.2, 0.25) is 10.0 Å². The summed E-state index contributed by atoms with van der Waals surface area (Å²) in [6.07, 6.45) is -0.310. The van der Waals surface area contributed by atoms with Crippen LogP contribution in [0.4, 0.5) is 4.79 Å². The molecule has 0 unspecified atom stereocenters. The molecule has 1 aliphatic rings. The molecule has 36 heavy (non-hydrogen) atoms. The van der Waals surface area contributed by atoms with Crippen molar-refractivity contribution in [3.63, 3.8) is 0 Å². The van der Waals surface area contributed by atoms with Gasteiger partial charge in [-0.05, 0) is 29.8 Å². The van der Waals surface area contributed by atoms with Gasteiger partial charge in [0.25, 0.3) is 5.56 Å². The van der Waals surface area contributed by atoms with E-state index in [9.17, 15) is 22.8 Å². The number of nitrogens with zero attached hydrogens (tertiary/aromatic N) is 2. The number of ether oxygens (including phenoxy) is 1. The molecule has 0 spiro atoms. The van der Waals surface area contributed by atoms with Gasteiger partial charge < -0.3 is 19.7 Å². The van der Waals surface area contributed by atoms with Gasteiger partial charge in [0, 0.05) is 37.0 Å². The van der Waals surface area contributed by atoms with Gasteiger partial charge in [0.1, 0.15) is 11.9 Å². The van der Waals surface area contributed by atoms with Crippen molar-refractivity contribution in [1.82, 2.24) is 14.5 Å². The smallest absolute Gasteiger partial charge is 0.407 e. The van der Waals surface area contributed by atoms with Crippen LogP contribution in [0.5, 0.6) is 5.75 Å². The number of likely N-dealkylation sites (tertiary alicyclic amines) is 1. The Bertz CT molecular complexity index is 1560. The lowest BCUT2D eigenvalue weighted by atomic mass is 10.1. The Balaban J connectivity index is 1.68. The van der Waals surface area contributed by atoms with Crippen LogP contribution in [0.1, 0.15) is 25.3 Å². The molecule has 1 amide bonds. The maximum Gasteiger partial charge on any atom is 0.407 e. The molecule has 4 rings (SSSR count). The fourth-order valence-corrected chi connectivity index (χ4v) is 5.65. The van der Waals surface area contributed by atoms with Crippen molar-refractivity contribution in [3.8, 4) is 5.75 Å². The molecule has 2 aromatic carbocycles. The van der Waals surface area contributed by atoms with Crippen molar-refractivity contribution >= 4 is 50.0 Å². The van der Waals surface area contributed by atoms with Crippen molar-refractivity contribution in [3.05, 3.63) is 66.8 Å². The van der Waals surface area contributed by atoms with E-state index in [0.717, 1.165) is 4.57 Å². The summed E-state index contributed by atoms with van der Waals surface area (Å²) in [7, 11) is -3.63. The number of rotatable bonds is 6. The number of hydrogen-bond donors (Lipinski definition) is 2. The lowest BCUT2D eigenvalue weighted by Gasteiger charge is -2.30. The van der Waals surface area contributed by atoms with Crippen LogP contribution in [-0.4, -0.2) is 59.0 Å². The van der Waals surface area contributed by atoms with Crippen LogP contribution < -0.4 is 16.0 Å². The van der Waals surface area contributed by atoms with E-state index in [-0.39, 0.29) is 55.6 Å². The summed E-state index contributed by atoms with van der Waals surface area (Å²) < 4.78 is 31.9. The van der Waals surface area contributed by atoms with Crippen molar-refractivity contribution in [2.75, 3.05) is 18.8 Å². The third-order valence-corrected chi connectivity index (χ3v) is 8.47. The van der Waals surface area contributed by atoms with E-state index in [1.807, 2.05) is 0 Å². The Kier molecular flexibility index (Phi) is 7.35. The van der Waals surface area contributed by atoms with Crippen molar-refractivity contribution in [2.24, 2.45) is 0 Å². The van der Waals surface area contributed by atoms with Crippen molar-refractivity contribution < 1.29 is 23.1 Å². The van der Waals surface area contributed by atoms with Gasteiger partial charge in [0.2, 0.25) is 0 Å². The monoisotopic (exact) mass is 555 g/mol. The third kappa shape index (κ3) is 5.23. The molecule has 2 heterocycles. The van der Waals surface area contributed by atoms with Crippen LogP contribution >= 0.6 is 23.2 Å². The second-order valence-corrected chi connectivity index (χ2v) is 11.5. The normalized spacial score (nSPS) is 14.8. The number of aromatic amines is 1. The minimum atomic E-state index is -3.63. The predicted octanol–water partition coefficient (Wildman–Crippen LogP) is 3.36. The Labute approximate surface area is 215 Å². The van der Waals surface area contributed by atoms with E-state index in [1.54, 1.807) is 0 Å². The molecule has 10 nitrogen and oxygen atoms in total. The quantitative estimate of drug-likeness (QED) is 0.475. The summed E-state index contributed by atoms with van der Waals surface area (Å²) in [6, 6.07) is 7.06. The number of nitrogens with one attached hydrogen (secondary N) is 1. The highest BCUT2D eigenvalue weighted by molar-refractivity contribution is 7.91. The average Bonchev–Trinajstić information content (AvgIpc) is 2.83. The number of aromatic nitrogens is 2. The summed E-state index contributed by atoms with van der Waals surface area (Å²) in [5.41, 5.74) is -0.974. The minimum Gasteiger partial charge on any atom is -0.489 e. The Morgan fingerprint density at radius 2 is 1.86 bits per heavy atom. The van der Waals surface area contributed by atoms with Gasteiger partial charge in [-0.1, -0.05) is 30.1 Å². The number of fused-ring (bicyclic) bond motifs is 1. The molecule has 13 heteroatoms. The zero-order valence-electron chi connectivity index (χ0n) is 19.2. The number of carbonyl (C=O) groups is 1. The molecule has 192 valence electrons. The third-order valence-electron chi connectivity index (χ3n) is 6.11. The Hall–Kier alpha value is -3.02. The zero-order valence-corrected chi connectivity index (χ0v) is 21.5. The first-order valence-electron chi connectivity index (χ1n) is 11.1. The highest BCUT2D eigenvalue weighted by Crippen LogP contribution is 2.30. The number of hydrogen-bond acceptors (Lipinski definition) is 6.